The number of likely N-dealkylation sites (tertiary alicyclic amines) is 1. The number of H-pyrrole nitrogens is 1. The lowest BCUT2D eigenvalue weighted by Crippen LogP contribution is -2.39. The lowest BCUT2D eigenvalue weighted by molar-refractivity contribution is 0.0703. The highest BCUT2D eigenvalue weighted by Crippen LogP contribution is 2.28. The lowest BCUT2D eigenvalue weighted by atomic mass is 9.97. The van der Waals surface area contributed by atoms with Gasteiger partial charge in [-0.2, -0.15) is 4.98 Å². The van der Waals surface area contributed by atoms with Crippen LogP contribution in [0.2, 0.25) is 5.02 Å². The number of carbonyl (C=O) groups excluding carboxylic acids is 1. The van der Waals surface area contributed by atoms with Gasteiger partial charge in [0.05, 0.1) is 5.02 Å². The van der Waals surface area contributed by atoms with Crippen LogP contribution in [0.5, 0.6) is 0 Å². The standard InChI is InChI=1S/C17H16ClN5O2/c18-13-8-14(20-9-13)16-21-15(22-25-16)12-2-1-7-23(10-12)17(24)11-3-5-19-6-4-11/h3-6,8-9,12,20H,1-2,7,10H2. The van der Waals surface area contributed by atoms with Gasteiger partial charge in [-0.05, 0) is 31.0 Å². The number of rotatable bonds is 3. The van der Waals surface area contributed by atoms with Gasteiger partial charge in [0.25, 0.3) is 11.8 Å². The third-order valence-corrected chi connectivity index (χ3v) is 4.54. The molecule has 3 aromatic rings. The molecule has 0 aliphatic carbocycles. The number of nitrogens with one attached hydrogen (secondary N) is 1. The summed E-state index contributed by atoms with van der Waals surface area (Å²) < 4.78 is 5.33. The second-order valence-corrected chi connectivity index (χ2v) is 6.45. The zero-order valence-corrected chi connectivity index (χ0v) is 14.1. The predicted molar refractivity (Wildman–Crippen MR) is 91.2 cm³/mol. The summed E-state index contributed by atoms with van der Waals surface area (Å²) in [5, 5.41) is 4.68. The van der Waals surface area contributed by atoms with Gasteiger partial charge >= 0.3 is 0 Å². The summed E-state index contributed by atoms with van der Waals surface area (Å²) in [7, 11) is 0. The Bertz CT molecular complexity index is 876. The molecule has 1 unspecified atom stereocenters. The molecule has 1 amide bonds. The molecular formula is C17H16ClN5O2. The first-order chi connectivity index (χ1) is 12.2. The van der Waals surface area contributed by atoms with E-state index in [0.717, 1.165) is 19.4 Å². The zero-order valence-electron chi connectivity index (χ0n) is 13.4. The van der Waals surface area contributed by atoms with Crippen LogP contribution in [0, 0.1) is 0 Å². The summed E-state index contributed by atoms with van der Waals surface area (Å²) in [4.78, 5) is 25.9. The number of aromatic amines is 1. The van der Waals surface area contributed by atoms with E-state index in [2.05, 4.69) is 20.1 Å². The molecule has 4 rings (SSSR count). The molecule has 0 spiro atoms. The van der Waals surface area contributed by atoms with Crippen LogP contribution in [0.25, 0.3) is 11.6 Å². The molecule has 7 nitrogen and oxygen atoms in total. The highest BCUT2D eigenvalue weighted by Gasteiger charge is 2.28. The molecule has 1 atom stereocenters. The number of piperidine rings is 1. The van der Waals surface area contributed by atoms with Crippen molar-refractivity contribution in [2.45, 2.75) is 18.8 Å². The quantitative estimate of drug-likeness (QED) is 0.778. The van der Waals surface area contributed by atoms with Crippen molar-refractivity contribution in [2.24, 2.45) is 0 Å². The van der Waals surface area contributed by atoms with Crippen LogP contribution in [-0.4, -0.2) is 44.0 Å². The van der Waals surface area contributed by atoms with Crippen LogP contribution in [0.15, 0.2) is 41.3 Å². The number of aromatic nitrogens is 4. The Morgan fingerprint density at radius 1 is 1.36 bits per heavy atom. The average molecular weight is 358 g/mol. The summed E-state index contributed by atoms with van der Waals surface area (Å²) in [6.45, 7) is 1.31. The predicted octanol–water partition coefficient (Wildman–Crippen LogP) is 3.13. The Balaban J connectivity index is 1.50. The molecule has 1 saturated heterocycles. The Morgan fingerprint density at radius 2 is 2.20 bits per heavy atom. The molecule has 0 bridgehead atoms. The average Bonchev–Trinajstić information content (AvgIpc) is 3.31. The van der Waals surface area contributed by atoms with E-state index in [9.17, 15) is 4.79 Å². The molecule has 3 aromatic heterocycles. The molecule has 0 radical (unpaired) electrons. The van der Waals surface area contributed by atoms with Gasteiger partial charge in [0.15, 0.2) is 5.82 Å². The minimum absolute atomic E-state index is 0.00645. The molecule has 1 fully saturated rings. The molecule has 0 aromatic carbocycles. The van der Waals surface area contributed by atoms with Crippen LogP contribution in [0.3, 0.4) is 0 Å². The number of hydrogen-bond acceptors (Lipinski definition) is 5. The van der Waals surface area contributed by atoms with Crippen LogP contribution in [0.4, 0.5) is 0 Å². The highest BCUT2D eigenvalue weighted by molar-refractivity contribution is 6.30. The van der Waals surface area contributed by atoms with Crippen molar-refractivity contribution in [1.82, 2.24) is 25.0 Å². The smallest absolute Gasteiger partial charge is 0.274 e. The number of amides is 1. The van der Waals surface area contributed by atoms with Crippen molar-refractivity contribution in [3.8, 4) is 11.6 Å². The number of carbonyl (C=O) groups is 1. The first kappa shape index (κ1) is 15.8. The van der Waals surface area contributed by atoms with Gasteiger partial charge in [-0.3, -0.25) is 9.78 Å². The fourth-order valence-corrected chi connectivity index (χ4v) is 3.21. The lowest BCUT2D eigenvalue weighted by Gasteiger charge is -2.31. The molecule has 4 heterocycles. The molecule has 128 valence electrons. The van der Waals surface area contributed by atoms with Gasteiger partial charge < -0.3 is 14.4 Å². The van der Waals surface area contributed by atoms with E-state index < -0.39 is 0 Å². The van der Waals surface area contributed by atoms with E-state index in [-0.39, 0.29) is 11.8 Å². The van der Waals surface area contributed by atoms with E-state index in [0.29, 0.717) is 34.5 Å². The summed E-state index contributed by atoms with van der Waals surface area (Å²) in [5.41, 5.74) is 1.33. The van der Waals surface area contributed by atoms with Crippen molar-refractivity contribution in [1.29, 1.82) is 0 Å². The maximum atomic E-state index is 12.6. The first-order valence-corrected chi connectivity index (χ1v) is 8.45. The normalized spacial score (nSPS) is 17.6. The monoisotopic (exact) mass is 357 g/mol. The molecular weight excluding hydrogens is 342 g/mol. The van der Waals surface area contributed by atoms with Crippen molar-refractivity contribution in [3.63, 3.8) is 0 Å². The van der Waals surface area contributed by atoms with Crippen molar-refractivity contribution < 1.29 is 9.32 Å². The molecule has 0 saturated carbocycles. The van der Waals surface area contributed by atoms with Gasteiger partial charge in [-0.1, -0.05) is 16.8 Å². The highest BCUT2D eigenvalue weighted by atomic mass is 35.5. The van der Waals surface area contributed by atoms with Gasteiger partial charge in [0, 0.05) is 43.2 Å². The minimum atomic E-state index is 0.00645. The van der Waals surface area contributed by atoms with E-state index >= 15 is 0 Å². The first-order valence-electron chi connectivity index (χ1n) is 8.08. The SMILES string of the molecule is O=C(c1ccncc1)N1CCCC(c2noc(-c3cc(Cl)c[nH]3)n2)C1. The molecule has 8 heteroatoms. The van der Waals surface area contributed by atoms with E-state index in [4.69, 9.17) is 16.1 Å². The summed E-state index contributed by atoms with van der Waals surface area (Å²) >= 11 is 5.91. The van der Waals surface area contributed by atoms with Crippen LogP contribution >= 0.6 is 11.6 Å². The molecule has 1 aliphatic heterocycles. The maximum Gasteiger partial charge on any atom is 0.274 e. The van der Waals surface area contributed by atoms with E-state index in [1.165, 1.54) is 0 Å². The Kier molecular flexibility index (Phi) is 4.23. The zero-order chi connectivity index (χ0) is 17.2. The van der Waals surface area contributed by atoms with Gasteiger partial charge in [0.2, 0.25) is 0 Å². The second-order valence-electron chi connectivity index (χ2n) is 6.02. The Labute approximate surface area is 149 Å². The van der Waals surface area contributed by atoms with Crippen molar-refractivity contribution in [2.75, 3.05) is 13.1 Å². The largest absolute Gasteiger partial charge is 0.356 e. The number of pyridine rings is 1. The number of hydrogen-bond donors (Lipinski definition) is 1. The Hall–Kier alpha value is -2.67. The molecule has 1 aliphatic rings. The molecule has 25 heavy (non-hydrogen) atoms. The summed E-state index contributed by atoms with van der Waals surface area (Å²) in [6.07, 6.45) is 6.74. The summed E-state index contributed by atoms with van der Waals surface area (Å²) in [6, 6.07) is 5.19. The topological polar surface area (TPSA) is 87.9 Å². The minimum Gasteiger partial charge on any atom is -0.356 e. The van der Waals surface area contributed by atoms with Crippen molar-refractivity contribution >= 4 is 17.5 Å². The maximum absolute atomic E-state index is 12.6. The van der Waals surface area contributed by atoms with Crippen molar-refractivity contribution in [3.05, 3.63) is 53.2 Å². The second kappa shape index (κ2) is 6.68. The molecule has 1 N–H and O–H groups in total. The van der Waals surface area contributed by atoms with Gasteiger partial charge in [-0.25, -0.2) is 0 Å². The third-order valence-electron chi connectivity index (χ3n) is 4.32. The van der Waals surface area contributed by atoms with Crippen LogP contribution in [0.1, 0.15) is 34.9 Å². The third kappa shape index (κ3) is 3.28. The number of nitrogens with zero attached hydrogens (tertiary/aromatic N) is 4. The fraction of sp³-hybridized carbons (Fsp3) is 0.294. The van der Waals surface area contributed by atoms with Crippen LogP contribution in [-0.2, 0) is 0 Å². The van der Waals surface area contributed by atoms with Gasteiger partial charge in [0.1, 0.15) is 5.69 Å². The van der Waals surface area contributed by atoms with E-state index in [1.807, 2.05) is 4.90 Å². The van der Waals surface area contributed by atoms with Crippen LogP contribution < -0.4 is 0 Å². The van der Waals surface area contributed by atoms with E-state index in [1.54, 1.807) is 36.8 Å². The fourth-order valence-electron chi connectivity index (χ4n) is 3.05. The Morgan fingerprint density at radius 3 is 2.96 bits per heavy atom. The van der Waals surface area contributed by atoms with Gasteiger partial charge in [-0.15, -0.1) is 0 Å². The number of halogens is 1. The summed E-state index contributed by atoms with van der Waals surface area (Å²) in [5.74, 6) is 1.09.